The number of anilines is 2. The maximum absolute atomic E-state index is 12.4. The van der Waals surface area contributed by atoms with Crippen LogP contribution in [0.15, 0.2) is 66.9 Å². The van der Waals surface area contributed by atoms with E-state index in [1.165, 1.54) is 18.9 Å². The lowest BCUT2D eigenvalue weighted by Crippen LogP contribution is -2.16. The van der Waals surface area contributed by atoms with Crippen molar-refractivity contribution in [1.29, 1.82) is 0 Å². The Kier molecular flexibility index (Phi) is 6.30. The molecule has 2 N–H and O–H groups in total. The highest BCUT2D eigenvalue weighted by atomic mass is 16.5. The molecule has 3 rings (SSSR count). The van der Waals surface area contributed by atoms with Gasteiger partial charge in [0.15, 0.2) is 0 Å². The summed E-state index contributed by atoms with van der Waals surface area (Å²) in [6, 6.07) is 18.0. The number of aromatic nitrogens is 2. The highest BCUT2D eigenvalue weighted by molar-refractivity contribution is 6.03. The second-order valence-electron chi connectivity index (χ2n) is 5.95. The molecule has 0 atom stereocenters. The minimum Gasteiger partial charge on any atom is -0.465 e. The SMILES string of the molecule is COC(=O)c1ccc(NC(=O)c2ccnc(NCCc3ccccc3)n2)cc1. The molecule has 28 heavy (non-hydrogen) atoms. The third kappa shape index (κ3) is 5.14. The molecule has 0 spiro atoms. The van der Waals surface area contributed by atoms with E-state index in [0.29, 0.717) is 23.7 Å². The molecular weight excluding hydrogens is 356 g/mol. The molecule has 0 aliphatic rings. The zero-order valence-electron chi connectivity index (χ0n) is 15.4. The van der Waals surface area contributed by atoms with Crippen LogP contribution in [0.5, 0.6) is 0 Å². The van der Waals surface area contributed by atoms with Crippen LogP contribution in [0.1, 0.15) is 26.4 Å². The van der Waals surface area contributed by atoms with E-state index < -0.39 is 5.97 Å². The molecule has 0 unspecified atom stereocenters. The maximum atomic E-state index is 12.4. The van der Waals surface area contributed by atoms with Gasteiger partial charge in [0, 0.05) is 18.4 Å². The van der Waals surface area contributed by atoms with Crippen LogP contribution in [0, 0.1) is 0 Å². The van der Waals surface area contributed by atoms with Crippen molar-refractivity contribution < 1.29 is 14.3 Å². The average molecular weight is 376 g/mol. The topological polar surface area (TPSA) is 93.2 Å². The Morgan fingerprint density at radius 3 is 2.46 bits per heavy atom. The number of esters is 1. The molecule has 0 aliphatic carbocycles. The zero-order chi connectivity index (χ0) is 19.8. The fourth-order valence-corrected chi connectivity index (χ4v) is 2.54. The number of benzene rings is 2. The highest BCUT2D eigenvalue weighted by Crippen LogP contribution is 2.12. The van der Waals surface area contributed by atoms with Gasteiger partial charge in [0.25, 0.3) is 5.91 Å². The van der Waals surface area contributed by atoms with Crippen LogP contribution in [-0.2, 0) is 11.2 Å². The van der Waals surface area contributed by atoms with Crippen LogP contribution in [0.3, 0.4) is 0 Å². The number of hydrogen-bond donors (Lipinski definition) is 2. The van der Waals surface area contributed by atoms with Crippen molar-refractivity contribution in [1.82, 2.24) is 9.97 Å². The Morgan fingerprint density at radius 2 is 1.75 bits per heavy atom. The summed E-state index contributed by atoms with van der Waals surface area (Å²) in [5, 5.41) is 5.87. The van der Waals surface area contributed by atoms with Gasteiger partial charge in [-0.1, -0.05) is 30.3 Å². The van der Waals surface area contributed by atoms with Crippen LogP contribution < -0.4 is 10.6 Å². The van der Waals surface area contributed by atoms with Crippen LogP contribution in [-0.4, -0.2) is 35.5 Å². The lowest BCUT2D eigenvalue weighted by atomic mass is 10.1. The van der Waals surface area contributed by atoms with Crippen LogP contribution in [0.25, 0.3) is 0 Å². The van der Waals surface area contributed by atoms with Gasteiger partial charge in [0.05, 0.1) is 12.7 Å². The first kappa shape index (κ1) is 19.0. The molecule has 0 saturated carbocycles. The van der Waals surface area contributed by atoms with Gasteiger partial charge in [-0.3, -0.25) is 4.79 Å². The Balaban J connectivity index is 1.58. The molecule has 3 aromatic rings. The van der Waals surface area contributed by atoms with Gasteiger partial charge >= 0.3 is 5.97 Å². The van der Waals surface area contributed by atoms with Gasteiger partial charge in [-0.25, -0.2) is 14.8 Å². The van der Waals surface area contributed by atoms with Crippen LogP contribution in [0.2, 0.25) is 0 Å². The molecule has 0 saturated heterocycles. The van der Waals surface area contributed by atoms with Crippen molar-refractivity contribution in [2.75, 3.05) is 24.3 Å². The quantitative estimate of drug-likeness (QED) is 0.615. The summed E-state index contributed by atoms with van der Waals surface area (Å²) in [7, 11) is 1.32. The van der Waals surface area contributed by atoms with Gasteiger partial charge < -0.3 is 15.4 Å². The smallest absolute Gasteiger partial charge is 0.337 e. The molecule has 1 aromatic heterocycles. The van der Waals surface area contributed by atoms with Gasteiger partial charge in [0.1, 0.15) is 5.69 Å². The van der Waals surface area contributed by atoms with Gasteiger partial charge in [-0.15, -0.1) is 0 Å². The molecule has 7 nitrogen and oxygen atoms in total. The van der Waals surface area contributed by atoms with Crippen LogP contribution in [0.4, 0.5) is 11.6 Å². The fraction of sp³-hybridized carbons (Fsp3) is 0.143. The minimum absolute atomic E-state index is 0.245. The third-order valence-electron chi connectivity index (χ3n) is 3.99. The monoisotopic (exact) mass is 376 g/mol. The first-order valence-electron chi connectivity index (χ1n) is 8.76. The van der Waals surface area contributed by atoms with Crippen molar-refractivity contribution in [3.05, 3.63) is 83.7 Å². The Hall–Kier alpha value is -3.74. The number of methoxy groups -OCH3 is 1. The molecule has 1 amide bonds. The minimum atomic E-state index is -0.431. The fourth-order valence-electron chi connectivity index (χ4n) is 2.54. The normalized spacial score (nSPS) is 10.2. The van der Waals surface area contributed by atoms with E-state index >= 15 is 0 Å². The molecule has 2 aromatic carbocycles. The van der Waals surface area contributed by atoms with E-state index in [4.69, 9.17) is 0 Å². The number of nitrogens with one attached hydrogen (secondary N) is 2. The Bertz CT molecular complexity index is 943. The lowest BCUT2D eigenvalue weighted by molar-refractivity contribution is 0.0600. The largest absolute Gasteiger partial charge is 0.465 e. The highest BCUT2D eigenvalue weighted by Gasteiger charge is 2.10. The summed E-state index contributed by atoms with van der Waals surface area (Å²) >= 11 is 0. The van der Waals surface area contributed by atoms with E-state index in [9.17, 15) is 9.59 Å². The molecule has 1 heterocycles. The van der Waals surface area contributed by atoms with Gasteiger partial charge in [-0.05, 0) is 42.3 Å². The van der Waals surface area contributed by atoms with E-state index in [2.05, 4.69) is 37.5 Å². The second kappa shape index (κ2) is 9.27. The van der Waals surface area contributed by atoms with Crippen molar-refractivity contribution in [3.8, 4) is 0 Å². The predicted molar refractivity (Wildman–Crippen MR) is 106 cm³/mol. The first-order valence-corrected chi connectivity index (χ1v) is 8.76. The van der Waals surface area contributed by atoms with Crippen molar-refractivity contribution in [3.63, 3.8) is 0 Å². The third-order valence-corrected chi connectivity index (χ3v) is 3.99. The van der Waals surface area contributed by atoms with E-state index in [0.717, 1.165) is 6.42 Å². The second-order valence-corrected chi connectivity index (χ2v) is 5.95. The van der Waals surface area contributed by atoms with E-state index in [1.807, 2.05) is 18.2 Å². The maximum Gasteiger partial charge on any atom is 0.337 e. The number of rotatable bonds is 7. The molecule has 0 radical (unpaired) electrons. The standard InChI is InChI=1S/C21H20N4O3/c1-28-20(27)16-7-9-17(10-8-16)24-19(26)18-12-14-23-21(25-18)22-13-11-15-5-3-2-4-6-15/h2-10,12,14H,11,13H2,1H3,(H,24,26)(H,22,23,25). The summed E-state index contributed by atoms with van der Waals surface area (Å²) in [5.41, 5.74) is 2.41. The van der Waals surface area contributed by atoms with Crippen molar-refractivity contribution in [2.45, 2.75) is 6.42 Å². The average Bonchev–Trinajstić information content (AvgIpc) is 2.74. The number of nitrogens with zero attached hydrogens (tertiary/aromatic N) is 2. The van der Waals surface area contributed by atoms with Crippen LogP contribution >= 0.6 is 0 Å². The molecule has 0 bridgehead atoms. The van der Waals surface area contributed by atoms with Gasteiger partial charge in [-0.2, -0.15) is 0 Å². The molecule has 0 aliphatic heterocycles. The number of hydrogen-bond acceptors (Lipinski definition) is 6. The van der Waals surface area contributed by atoms with Gasteiger partial charge in [0.2, 0.25) is 5.95 Å². The number of amides is 1. The molecule has 7 heteroatoms. The first-order chi connectivity index (χ1) is 13.7. The molecular formula is C21H20N4O3. The summed E-state index contributed by atoms with van der Waals surface area (Å²) < 4.78 is 4.65. The predicted octanol–water partition coefficient (Wildman–Crippen LogP) is 3.17. The Morgan fingerprint density at radius 1 is 1.00 bits per heavy atom. The number of carbonyl (C=O) groups excluding carboxylic acids is 2. The molecule has 142 valence electrons. The summed E-state index contributed by atoms with van der Waals surface area (Å²) in [6.07, 6.45) is 2.36. The lowest BCUT2D eigenvalue weighted by Gasteiger charge is -2.08. The summed E-state index contributed by atoms with van der Waals surface area (Å²) in [4.78, 5) is 32.3. The summed E-state index contributed by atoms with van der Waals surface area (Å²) in [6.45, 7) is 0.657. The molecule has 0 fully saturated rings. The zero-order valence-corrected chi connectivity index (χ0v) is 15.4. The van der Waals surface area contributed by atoms with Crippen molar-refractivity contribution in [2.24, 2.45) is 0 Å². The van der Waals surface area contributed by atoms with Crippen molar-refractivity contribution >= 4 is 23.5 Å². The number of ether oxygens (including phenoxy) is 1. The number of carbonyl (C=O) groups is 2. The van der Waals surface area contributed by atoms with E-state index in [-0.39, 0.29) is 11.6 Å². The Labute approximate surface area is 162 Å². The summed E-state index contributed by atoms with van der Waals surface area (Å²) in [5.74, 6) is -0.399. The van der Waals surface area contributed by atoms with E-state index in [1.54, 1.807) is 30.3 Å².